The maximum atomic E-state index is 11.8. The summed E-state index contributed by atoms with van der Waals surface area (Å²) in [7, 11) is 1.59. The molecule has 0 aliphatic rings. The van der Waals surface area contributed by atoms with Gasteiger partial charge in [0.05, 0.1) is 13.7 Å². The second kappa shape index (κ2) is 11.2. The molecule has 0 aromatic heterocycles. The average Bonchev–Trinajstić information content (AvgIpc) is 2.61. The fourth-order valence-corrected chi connectivity index (χ4v) is 1.97. The molecule has 0 aliphatic heterocycles. The smallest absolute Gasteiger partial charge is 0.244 e. The lowest BCUT2D eigenvalue weighted by molar-refractivity contribution is -0.124. The van der Waals surface area contributed by atoms with E-state index >= 15 is 0 Å². The average molecular weight is 362 g/mol. The molecular weight excluding hydrogens is 332 g/mol. The third-order valence-electron chi connectivity index (χ3n) is 3.43. The minimum atomic E-state index is -0.220. The van der Waals surface area contributed by atoms with Gasteiger partial charge in [0.15, 0.2) is 11.5 Å². The highest BCUT2D eigenvalue weighted by molar-refractivity contribution is 5.91. The molecule has 0 heterocycles. The van der Waals surface area contributed by atoms with Crippen LogP contribution < -0.4 is 20.1 Å². The summed E-state index contributed by atoms with van der Waals surface area (Å²) < 4.78 is 11.1. The quantitative estimate of drug-likeness (QED) is 0.495. The maximum Gasteiger partial charge on any atom is 0.244 e. The molecule has 1 rings (SSSR count). The molecule has 0 unspecified atom stereocenters. The highest BCUT2D eigenvalue weighted by Gasteiger charge is 2.07. The van der Waals surface area contributed by atoms with E-state index in [1.165, 1.54) is 6.08 Å². The molecule has 6 heteroatoms. The van der Waals surface area contributed by atoms with Crippen molar-refractivity contribution in [3.05, 3.63) is 29.8 Å². The Morgan fingerprint density at radius 2 is 1.77 bits per heavy atom. The van der Waals surface area contributed by atoms with E-state index in [4.69, 9.17) is 9.47 Å². The number of carbonyl (C=O) groups is 2. The van der Waals surface area contributed by atoms with Crippen LogP contribution in [0.25, 0.3) is 6.08 Å². The largest absolute Gasteiger partial charge is 0.493 e. The van der Waals surface area contributed by atoms with Gasteiger partial charge in [-0.05, 0) is 29.7 Å². The van der Waals surface area contributed by atoms with Gasteiger partial charge < -0.3 is 20.1 Å². The molecule has 0 atom stereocenters. The van der Waals surface area contributed by atoms with Gasteiger partial charge >= 0.3 is 0 Å². The van der Waals surface area contributed by atoms with Crippen molar-refractivity contribution in [2.45, 2.75) is 27.7 Å². The van der Waals surface area contributed by atoms with Crippen molar-refractivity contribution >= 4 is 17.9 Å². The molecule has 144 valence electrons. The molecule has 1 aromatic carbocycles. The summed E-state index contributed by atoms with van der Waals surface area (Å²) in [6.07, 6.45) is 3.16. The van der Waals surface area contributed by atoms with Crippen molar-refractivity contribution in [1.29, 1.82) is 0 Å². The Bertz CT molecular complexity index is 624. The second-order valence-electron chi connectivity index (χ2n) is 6.69. The molecular formula is C20H30N2O4. The molecule has 0 fully saturated rings. The third kappa shape index (κ3) is 8.05. The lowest BCUT2D eigenvalue weighted by Gasteiger charge is -2.12. The zero-order valence-electron chi connectivity index (χ0n) is 16.3. The summed E-state index contributed by atoms with van der Waals surface area (Å²) in [6.45, 7) is 9.21. The van der Waals surface area contributed by atoms with E-state index in [2.05, 4.69) is 24.5 Å². The van der Waals surface area contributed by atoms with Crippen LogP contribution in [-0.4, -0.2) is 38.6 Å². The van der Waals surface area contributed by atoms with Gasteiger partial charge in [0.25, 0.3) is 0 Å². The van der Waals surface area contributed by atoms with E-state index in [1.807, 2.05) is 32.0 Å². The van der Waals surface area contributed by atoms with Gasteiger partial charge in [-0.1, -0.05) is 33.8 Å². The third-order valence-corrected chi connectivity index (χ3v) is 3.43. The van der Waals surface area contributed by atoms with Crippen LogP contribution in [0, 0.1) is 11.8 Å². The Morgan fingerprint density at radius 1 is 1.08 bits per heavy atom. The first-order chi connectivity index (χ1) is 12.3. The Kier molecular flexibility index (Phi) is 9.26. The van der Waals surface area contributed by atoms with Crippen molar-refractivity contribution in [2.24, 2.45) is 11.8 Å². The van der Waals surface area contributed by atoms with Gasteiger partial charge in [0.1, 0.15) is 0 Å². The molecule has 0 radical (unpaired) electrons. The van der Waals surface area contributed by atoms with Crippen LogP contribution in [0.2, 0.25) is 0 Å². The van der Waals surface area contributed by atoms with Crippen molar-refractivity contribution in [1.82, 2.24) is 10.6 Å². The van der Waals surface area contributed by atoms with Crippen LogP contribution in [0.4, 0.5) is 0 Å². The predicted molar refractivity (Wildman–Crippen MR) is 103 cm³/mol. The monoisotopic (exact) mass is 362 g/mol. The van der Waals surface area contributed by atoms with Gasteiger partial charge in [-0.25, -0.2) is 0 Å². The number of benzene rings is 1. The maximum absolute atomic E-state index is 11.8. The van der Waals surface area contributed by atoms with Crippen LogP contribution in [0.5, 0.6) is 11.5 Å². The number of amides is 2. The number of ether oxygens (including phenoxy) is 2. The number of carbonyl (C=O) groups excluding carboxylic acids is 2. The predicted octanol–water partition coefficient (Wildman–Crippen LogP) is 2.63. The number of methoxy groups -OCH3 is 1. The highest BCUT2D eigenvalue weighted by atomic mass is 16.5. The van der Waals surface area contributed by atoms with Gasteiger partial charge in [0, 0.05) is 25.1 Å². The van der Waals surface area contributed by atoms with E-state index in [1.54, 1.807) is 13.2 Å². The minimum absolute atomic E-state index is 0.0262. The van der Waals surface area contributed by atoms with Crippen LogP contribution in [-0.2, 0) is 9.59 Å². The van der Waals surface area contributed by atoms with Gasteiger partial charge in [0.2, 0.25) is 11.8 Å². The van der Waals surface area contributed by atoms with Crippen LogP contribution in [0.15, 0.2) is 24.3 Å². The molecule has 2 N–H and O–H groups in total. The Labute approximate surface area is 156 Å². The second-order valence-corrected chi connectivity index (χ2v) is 6.69. The summed E-state index contributed by atoms with van der Waals surface area (Å²) >= 11 is 0. The minimum Gasteiger partial charge on any atom is -0.493 e. The number of hydrogen-bond donors (Lipinski definition) is 2. The summed E-state index contributed by atoms with van der Waals surface area (Å²) in [6, 6.07) is 5.52. The number of rotatable bonds is 10. The topological polar surface area (TPSA) is 76.7 Å². The van der Waals surface area contributed by atoms with Crippen LogP contribution >= 0.6 is 0 Å². The van der Waals surface area contributed by atoms with Crippen molar-refractivity contribution in [3.63, 3.8) is 0 Å². The van der Waals surface area contributed by atoms with Gasteiger partial charge in [-0.2, -0.15) is 0 Å². The summed E-state index contributed by atoms with van der Waals surface area (Å²) in [5.41, 5.74) is 0.835. The van der Waals surface area contributed by atoms with E-state index in [9.17, 15) is 9.59 Å². The van der Waals surface area contributed by atoms with Crippen molar-refractivity contribution < 1.29 is 19.1 Å². The molecule has 0 saturated carbocycles. The zero-order chi connectivity index (χ0) is 19.5. The van der Waals surface area contributed by atoms with E-state index in [0.717, 1.165) is 5.56 Å². The molecule has 2 amide bonds. The molecule has 0 spiro atoms. The first kappa shape index (κ1) is 21.5. The number of hydrogen-bond acceptors (Lipinski definition) is 4. The zero-order valence-corrected chi connectivity index (χ0v) is 16.3. The fourth-order valence-electron chi connectivity index (χ4n) is 1.97. The first-order valence-corrected chi connectivity index (χ1v) is 8.88. The van der Waals surface area contributed by atoms with Gasteiger partial charge in [-0.15, -0.1) is 0 Å². The molecule has 6 nitrogen and oxygen atoms in total. The summed E-state index contributed by atoms with van der Waals surface area (Å²) in [4.78, 5) is 23.2. The normalized spacial score (nSPS) is 11.0. The van der Waals surface area contributed by atoms with E-state index in [0.29, 0.717) is 37.1 Å². The molecule has 1 aromatic rings. The SMILES string of the molecule is COc1cc(/C=C/C(=O)NCCNC(=O)C(C)C)ccc1OCC(C)C. The van der Waals surface area contributed by atoms with Crippen molar-refractivity contribution in [2.75, 3.05) is 26.8 Å². The summed E-state index contributed by atoms with van der Waals surface area (Å²) in [5, 5.41) is 5.47. The molecule has 0 bridgehead atoms. The van der Waals surface area contributed by atoms with Crippen molar-refractivity contribution in [3.8, 4) is 11.5 Å². The molecule has 26 heavy (non-hydrogen) atoms. The number of nitrogens with one attached hydrogen (secondary N) is 2. The standard InChI is InChI=1S/C20H30N2O4/c1-14(2)13-26-17-8-6-16(12-18(17)25-5)7-9-19(23)21-10-11-22-20(24)15(3)4/h6-9,12,14-15H,10-11,13H2,1-5H3,(H,21,23)(H,22,24)/b9-7+. The fraction of sp³-hybridized carbons (Fsp3) is 0.500. The van der Waals surface area contributed by atoms with E-state index in [-0.39, 0.29) is 17.7 Å². The summed E-state index contributed by atoms with van der Waals surface area (Å²) in [5.74, 6) is 1.43. The highest BCUT2D eigenvalue weighted by Crippen LogP contribution is 2.28. The van der Waals surface area contributed by atoms with Gasteiger partial charge in [-0.3, -0.25) is 9.59 Å². The Hall–Kier alpha value is -2.50. The lowest BCUT2D eigenvalue weighted by atomic mass is 10.2. The molecule has 0 aliphatic carbocycles. The van der Waals surface area contributed by atoms with E-state index < -0.39 is 0 Å². The molecule has 0 saturated heterocycles. The van der Waals surface area contributed by atoms with Crippen LogP contribution in [0.3, 0.4) is 0 Å². The lowest BCUT2D eigenvalue weighted by Crippen LogP contribution is -2.35. The van der Waals surface area contributed by atoms with Crippen LogP contribution in [0.1, 0.15) is 33.3 Å². The first-order valence-electron chi connectivity index (χ1n) is 8.88. The Morgan fingerprint density at radius 3 is 2.38 bits per heavy atom. The Balaban J connectivity index is 2.51.